The molecule has 0 saturated heterocycles. The largest absolute Gasteiger partial charge is 0.356 e. The van der Waals surface area contributed by atoms with Crippen LogP contribution in [0.1, 0.15) is 38.5 Å². The van der Waals surface area contributed by atoms with Crippen molar-refractivity contribution in [1.29, 1.82) is 0 Å². The third-order valence-electron chi connectivity index (χ3n) is 4.69. The Morgan fingerprint density at radius 1 is 1.17 bits per heavy atom. The molecule has 1 saturated carbocycles. The lowest BCUT2D eigenvalue weighted by molar-refractivity contribution is -0.125. The summed E-state index contributed by atoms with van der Waals surface area (Å²) in [5.74, 6) is -1.21. The number of hydrogen-bond acceptors (Lipinski definition) is 2. The Kier molecular flexibility index (Phi) is 5.28. The van der Waals surface area contributed by atoms with Gasteiger partial charge in [-0.05, 0) is 56.7 Å². The van der Waals surface area contributed by atoms with E-state index in [-0.39, 0.29) is 23.7 Å². The Balaban J connectivity index is 1.40. The molecule has 1 aromatic rings. The van der Waals surface area contributed by atoms with Gasteiger partial charge in [-0.1, -0.05) is 17.7 Å². The Bertz CT molecular complexity index is 657. The molecule has 0 bridgehead atoms. The molecular formula is C19H23FN2O2. The van der Waals surface area contributed by atoms with E-state index in [2.05, 4.69) is 16.7 Å². The lowest BCUT2D eigenvalue weighted by Crippen LogP contribution is -2.28. The number of nitrogens with one attached hydrogen (secondary N) is 2. The quantitative estimate of drug-likeness (QED) is 0.785. The van der Waals surface area contributed by atoms with Crippen LogP contribution in [0.15, 0.2) is 35.9 Å². The Labute approximate surface area is 141 Å². The fraction of sp³-hybridized carbons (Fsp3) is 0.474. The third kappa shape index (κ3) is 4.43. The number of amides is 2. The number of allylic oxidation sites excluding steroid dienone is 1. The fourth-order valence-corrected chi connectivity index (χ4v) is 3.18. The van der Waals surface area contributed by atoms with E-state index in [1.807, 2.05) is 0 Å². The molecule has 1 aromatic carbocycles. The summed E-state index contributed by atoms with van der Waals surface area (Å²) in [6.07, 6.45) is 8.54. The van der Waals surface area contributed by atoms with Gasteiger partial charge in [0.05, 0.1) is 11.8 Å². The first kappa shape index (κ1) is 16.7. The number of anilines is 1. The second-order valence-electron chi connectivity index (χ2n) is 6.60. The van der Waals surface area contributed by atoms with E-state index < -0.39 is 5.82 Å². The molecule has 0 aromatic heterocycles. The standard InChI is InChI=1S/C19H23FN2O2/c20-14-7-4-8-15(11-14)22-19(24)17-12-16(17)18(23)21-10-9-13-5-2-1-3-6-13/h4-5,7-8,11,16-17H,1-3,6,9-10,12H2,(H,21,23)(H,22,24). The molecule has 0 radical (unpaired) electrons. The molecule has 4 nitrogen and oxygen atoms in total. The minimum Gasteiger partial charge on any atom is -0.356 e. The molecule has 0 aliphatic heterocycles. The average molecular weight is 330 g/mol. The van der Waals surface area contributed by atoms with Crippen LogP contribution in [-0.4, -0.2) is 18.4 Å². The number of carbonyl (C=O) groups excluding carboxylic acids is 2. The summed E-state index contributed by atoms with van der Waals surface area (Å²) >= 11 is 0. The number of rotatable bonds is 6. The maximum atomic E-state index is 13.1. The maximum absolute atomic E-state index is 13.1. The molecule has 0 spiro atoms. The molecule has 3 rings (SSSR count). The van der Waals surface area contributed by atoms with Crippen molar-refractivity contribution in [1.82, 2.24) is 5.32 Å². The highest BCUT2D eigenvalue weighted by atomic mass is 19.1. The van der Waals surface area contributed by atoms with Crippen LogP contribution >= 0.6 is 0 Å². The summed E-state index contributed by atoms with van der Waals surface area (Å²) in [5.41, 5.74) is 1.85. The third-order valence-corrected chi connectivity index (χ3v) is 4.69. The zero-order chi connectivity index (χ0) is 16.9. The summed E-state index contributed by atoms with van der Waals surface area (Å²) in [5, 5.41) is 5.60. The summed E-state index contributed by atoms with van der Waals surface area (Å²) in [6, 6.07) is 5.77. The monoisotopic (exact) mass is 330 g/mol. The van der Waals surface area contributed by atoms with Crippen molar-refractivity contribution < 1.29 is 14.0 Å². The number of hydrogen-bond donors (Lipinski definition) is 2. The predicted molar refractivity (Wildman–Crippen MR) is 90.8 cm³/mol. The molecule has 5 heteroatoms. The second-order valence-corrected chi connectivity index (χ2v) is 6.60. The smallest absolute Gasteiger partial charge is 0.228 e. The highest BCUT2D eigenvalue weighted by Crippen LogP contribution is 2.39. The van der Waals surface area contributed by atoms with Crippen LogP contribution in [0, 0.1) is 17.7 Å². The number of benzene rings is 1. The van der Waals surface area contributed by atoms with Gasteiger partial charge < -0.3 is 10.6 Å². The Morgan fingerprint density at radius 2 is 2.00 bits per heavy atom. The molecule has 2 amide bonds. The van der Waals surface area contributed by atoms with Gasteiger partial charge in [-0.3, -0.25) is 9.59 Å². The van der Waals surface area contributed by atoms with Crippen LogP contribution in [0.2, 0.25) is 0 Å². The average Bonchev–Trinajstić information content (AvgIpc) is 3.37. The molecular weight excluding hydrogens is 307 g/mol. The molecule has 2 aliphatic carbocycles. The first-order chi connectivity index (χ1) is 11.6. The van der Waals surface area contributed by atoms with E-state index in [4.69, 9.17) is 0 Å². The Hall–Kier alpha value is -2.17. The SMILES string of the molecule is O=C(NCCC1=CCCCC1)C1CC1C(=O)Nc1cccc(F)c1. The van der Waals surface area contributed by atoms with Gasteiger partial charge in [-0.2, -0.15) is 0 Å². The molecule has 24 heavy (non-hydrogen) atoms. The van der Waals surface area contributed by atoms with Crippen molar-refractivity contribution in [3.8, 4) is 0 Å². The van der Waals surface area contributed by atoms with Crippen LogP contribution in [-0.2, 0) is 9.59 Å². The number of carbonyl (C=O) groups is 2. The molecule has 0 heterocycles. The van der Waals surface area contributed by atoms with Crippen molar-refractivity contribution in [2.45, 2.75) is 38.5 Å². The van der Waals surface area contributed by atoms with Crippen LogP contribution < -0.4 is 10.6 Å². The summed E-state index contributed by atoms with van der Waals surface area (Å²) in [6.45, 7) is 0.638. The van der Waals surface area contributed by atoms with Crippen molar-refractivity contribution in [2.24, 2.45) is 11.8 Å². The predicted octanol–water partition coefficient (Wildman–Crippen LogP) is 3.41. The lowest BCUT2D eigenvalue weighted by atomic mass is 9.97. The summed E-state index contributed by atoms with van der Waals surface area (Å²) in [4.78, 5) is 24.2. The van der Waals surface area contributed by atoms with Gasteiger partial charge >= 0.3 is 0 Å². The van der Waals surface area contributed by atoms with Crippen LogP contribution in [0.3, 0.4) is 0 Å². The topological polar surface area (TPSA) is 58.2 Å². The van der Waals surface area contributed by atoms with Crippen molar-refractivity contribution >= 4 is 17.5 Å². The summed E-state index contributed by atoms with van der Waals surface area (Å²) in [7, 11) is 0. The van der Waals surface area contributed by atoms with Gasteiger partial charge in [0.15, 0.2) is 0 Å². The van der Waals surface area contributed by atoms with E-state index in [1.54, 1.807) is 12.1 Å². The van der Waals surface area contributed by atoms with E-state index in [1.165, 1.54) is 30.5 Å². The molecule has 2 aliphatic rings. The first-order valence-electron chi connectivity index (χ1n) is 8.65. The van der Waals surface area contributed by atoms with Gasteiger partial charge in [0.2, 0.25) is 11.8 Å². The van der Waals surface area contributed by atoms with Crippen molar-refractivity contribution in [2.75, 3.05) is 11.9 Å². The minimum atomic E-state index is -0.394. The molecule has 128 valence electrons. The van der Waals surface area contributed by atoms with E-state index in [0.717, 1.165) is 19.3 Å². The normalized spacial score (nSPS) is 22.5. The van der Waals surface area contributed by atoms with Gasteiger partial charge in [0.25, 0.3) is 0 Å². The van der Waals surface area contributed by atoms with Crippen LogP contribution in [0.5, 0.6) is 0 Å². The van der Waals surface area contributed by atoms with E-state index in [0.29, 0.717) is 18.7 Å². The summed E-state index contributed by atoms with van der Waals surface area (Å²) < 4.78 is 13.1. The molecule has 2 atom stereocenters. The van der Waals surface area contributed by atoms with Gasteiger partial charge in [0.1, 0.15) is 5.82 Å². The first-order valence-corrected chi connectivity index (χ1v) is 8.65. The fourth-order valence-electron chi connectivity index (χ4n) is 3.18. The van der Waals surface area contributed by atoms with Crippen molar-refractivity contribution in [3.63, 3.8) is 0 Å². The van der Waals surface area contributed by atoms with E-state index >= 15 is 0 Å². The van der Waals surface area contributed by atoms with Gasteiger partial charge in [0, 0.05) is 12.2 Å². The molecule has 2 N–H and O–H groups in total. The minimum absolute atomic E-state index is 0.0502. The molecule has 2 unspecified atom stereocenters. The lowest BCUT2D eigenvalue weighted by Gasteiger charge is -2.13. The highest BCUT2D eigenvalue weighted by Gasteiger charge is 2.47. The van der Waals surface area contributed by atoms with Gasteiger partial charge in [-0.25, -0.2) is 4.39 Å². The zero-order valence-electron chi connectivity index (χ0n) is 13.7. The highest BCUT2D eigenvalue weighted by molar-refractivity contribution is 5.99. The van der Waals surface area contributed by atoms with Crippen LogP contribution in [0.25, 0.3) is 0 Å². The Morgan fingerprint density at radius 3 is 2.75 bits per heavy atom. The van der Waals surface area contributed by atoms with Crippen molar-refractivity contribution in [3.05, 3.63) is 41.7 Å². The second kappa shape index (κ2) is 7.60. The van der Waals surface area contributed by atoms with E-state index in [9.17, 15) is 14.0 Å². The number of halogens is 1. The zero-order valence-corrected chi connectivity index (χ0v) is 13.7. The van der Waals surface area contributed by atoms with Crippen LogP contribution in [0.4, 0.5) is 10.1 Å². The maximum Gasteiger partial charge on any atom is 0.228 e. The molecule has 1 fully saturated rings. The van der Waals surface area contributed by atoms with Gasteiger partial charge in [-0.15, -0.1) is 0 Å².